The van der Waals surface area contributed by atoms with Crippen molar-refractivity contribution in [1.82, 2.24) is 4.98 Å². The van der Waals surface area contributed by atoms with Crippen molar-refractivity contribution >= 4 is 28.1 Å². The van der Waals surface area contributed by atoms with Crippen molar-refractivity contribution in [2.75, 3.05) is 5.32 Å². The Hall–Kier alpha value is -1.99. The lowest BCUT2D eigenvalue weighted by atomic mass is 10.2. The predicted octanol–water partition coefficient (Wildman–Crippen LogP) is 2.42. The molecule has 0 amide bonds. The van der Waals surface area contributed by atoms with Crippen LogP contribution in [0.4, 0.5) is 15.2 Å². The molecule has 1 aromatic carbocycles. The summed E-state index contributed by atoms with van der Waals surface area (Å²) in [6, 6.07) is 3.60. The summed E-state index contributed by atoms with van der Waals surface area (Å²) in [5.74, 6) is -1.54. The van der Waals surface area contributed by atoms with E-state index < -0.39 is 12.0 Å². The molecule has 1 aromatic heterocycles. The number of carboxylic acids is 1. The first kappa shape index (κ1) is 13.4. The largest absolute Gasteiger partial charge is 0.480 e. The van der Waals surface area contributed by atoms with Gasteiger partial charge in [0, 0.05) is 5.38 Å². The van der Waals surface area contributed by atoms with Crippen molar-refractivity contribution in [2.45, 2.75) is 13.0 Å². The van der Waals surface area contributed by atoms with E-state index in [0.717, 1.165) is 5.56 Å². The topological polar surface area (TPSA) is 88.2 Å². The standard InChI is InChI=1S/C12H12FN3O2S/c1-6-2-3-8(7(13)4-6)15-12-16-9(5-19-12)10(14)11(17)18/h2-5,10H,14H2,1H3,(H,15,16)(H,17,18). The summed E-state index contributed by atoms with van der Waals surface area (Å²) in [4.78, 5) is 14.7. The van der Waals surface area contributed by atoms with Crippen molar-refractivity contribution in [3.63, 3.8) is 0 Å². The van der Waals surface area contributed by atoms with Gasteiger partial charge in [0.05, 0.1) is 11.4 Å². The average molecular weight is 281 g/mol. The fraction of sp³-hybridized carbons (Fsp3) is 0.167. The molecule has 0 saturated carbocycles. The molecule has 0 aliphatic heterocycles. The molecule has 5 nitrogen and oxygen atoms in total. The van der Waals surface area contributed by atoms with E-state index in [4.69, 9.17) is 10.8 Å². The number of hydrogen-bond acceptors (Lipinski definition) is 5. The van der Waals surface area contributed by atoms with Gasteiger partial charge in [0.15, 0.2) is 5.13 Å². The van der Waals surface area contributed by atoms with Crippen LogP contribution in [0.2, 0.25) is 0 Å². The number of hydrogen-bond donors (Lipinski definition) is 3. The maximum absolute atomic E-state index is 13.6. The summed E-state index contributed by atoms with van der Waals surface area (Å²) in [6.07, 6.45) is 0. The second kappa shape index (κ2) is 5.33. The van der Waals surface area contributed by atoms with E-state index in [1.165, 1.54) is 22.8 Å². The highest BCUT2D eigenvalue weighted by atomic mass is 32.1. The van der Waals surface area contributed by atoms with Gasteiger partial charge in [0.25, 0.3) is 0 Å². The van der Waals surface area contributed by atoms with Crippen molar-refractivity contribution in [1.29, 1.82) is 0 Å². The van der Waals surface area contributed by atoms with Gasteiger partial charge in [0.2, 0.25) is 0 Å². The van der Waals surface area contributed by atoms with Crippen molar-refractivity contribution in [3.8, 4) is 0 Å². The lowest BCUT2D eigenvalue weighted by Gasteiger charge is -2.05. The zero-order chi connectivity index (χ0) is 14.0. The first-order valence-electron chi connectivity index (χ1n) is 5.44. The minimum absolute atomic E-state index is 0.243. The minimum Gasteiger partial charge on any atom is -0.480 e. The number of nitrogens with two attached hydrogens (primary N) is 1. The number of aliphatic carboxylic acids is 1. The molecule has 100 valence electrons. The fourth-order valence-corrected chi connectivity index (χ4v) is 2.21. The molecular formula is C12H12FN3O2S. The molecule has 1 heterocycles. The minimum atomic E-state index is -1.17. The number of rotatable bonds is 4. The van der Waals surface area contributed by atoms with Gasteiger partial charge in [-0.15, -0.1) is 11.3 Å². The summed E-state index contributed by atoms with van der Waals surface area (Å²) < 4.78 is 13.6. The molecule has 2 aromatic rings. The molecule has 2 rings (SSSR count). The molecule has 0 bridgehead atoms. The van der Waals surface area contributed by atoms with E-state index in [2.05, 4.69) is 10.3 Å². The second-order valence-electron chi connectivity index (χ2n) is 4.00. The lowest BCUT2D eigenvalue weighted by molar-refractivity contribution is -0.138. The fourth-order valence-electron chi connectivity index (χ4n) is 1.45. The SMILES string of the molecule is Cc1ccc(Nc2nc(C(N)C(=O)O)cs2)c(F)c1. The van der Waals surface area contributed by atoms with Crippen LogP contribution in [0.25, 0.3) is 0 Å². The zero-order valence-electron chi connectivity index (χ0n) is 10.1. The molecule has 0 spiro atoms. The number of benzene rings is 1. The Labute approximate surface area is 112 Å². The molecule has 0 radical (unpaired) electrons. The second-order valence-corrected chi connectivity index (χ2v) is 4.86. The van der Waals surface area contributed by atoms with Gasteiger partial charge in [-0.25, -0.2) is 9.37 Å². The van der Waals surface area contributed by atoms with Crippen LogP contribution in [0, 0.1) is 12.7 Å². The van der Waals surface area contributed by atoms with E-state index >= 15 is 0 Å². The molecular weight excluding hydrogens is 269 g/mol. The highest BCUT2D eigenvalue weighted by Crippen LogP contribution is 2.25. The Balaban J connectivity index is 2.18. The number of nitrogens with one attached hydrogen (secondary N) is 1. The van der Waals surface area contributed by atoms with Crippen molar-refractivity contribution in [3.05, 3.63) is 40.7 Å². The number of carboxylic acid groups (broad SMARTS) is 1. The molecule has 0 aliphatic rings. The van der Waals surface area contributed by atoms with E-state index in [-0.39, 0.29) is 17.2 Å². The van der Waals surface area contributed by atoms with Crippen LogP contribution in [0.15, 0.2) is 23.6 Å². The van der Waals surface area contributed by atoms with E-state index in [9.17, 15) is 9.18 Å². The first-order chi connectivity index (χ1) is 8.97. The van der Waals surface area contributed by atoms with Gasteiger partial charge in [-0.05, 0) is 24.6 Å². The molecule has 19 heavy (non-hydrogen) atoms. The number of anilines is 2. The Morgan fingerprint density at radius 2 is 2.32 bits per heavy atom. The smallest absolute Gasteiger partial charge is 0.326 e. The molecule has 0 fully saturated rings. The number of thiazole rings is 1. The number of halogens is 1. The van der Waals surface area contributed by atoms with Gasteiger partial charge in [-0.2, -0.15) is 0 Å². The van der Waals surface area contributed by atoms with E-state index in [0.29, 0.717) is 5.13 Å². The Morgan fingerprint density at radius 3 is 2.95 bits per heavy atom. The van der Waals surface area contributed by atoms with Crippen molar-refractivity contribution in [2.24, 2.45) is 5.73 Å². The summed E-state index contributed by atoms with van der Waals surface area (Å²) in [7, 11) is 0. The third-order valence-corrected chi connectivity index (χ3v) is 3.25. The van der Waals surface area contributed by atoms with Crippen LogP contribution in [0.3, 0.4) is 0 Å². The van der Waals surface area contributed by atoms with Gasteiger partial charge < -0.3 is 16.2 Å². The lowest BCUT2D eigenvalue weighted by Crippen LogP contribution is -2.20. The highest BCUT2D eigenvalue weighted by molar-refractivity contribution is 7.13. The Morgan fingerprint density at radius 1 is 1.58 bits per heavy atom. The Bertz CT molecular complexity index is 615. The quantitative estimate of drug-likeness (QED) is 0.801. The van der Waals surface area contributed by atoms with Crippen LogP contribution in [0.1, 0.15) is 17.3 Å². The number of aromatic nitrogens is 1. The molecule has 7 heteroatoms. The molecule has 0 saturated heterocycles. The molecule has 0 aliphatic carbocycles. The van der Waals surface area contributed by atoms with Gasteiger partial charge in [0.1, 0.15) is 11.9 Å². The summed E-state index contributed by atoms with van der Waals surface area (Å²) in [5.41, 5.74) is 6.78. The summed E-state index contributed by atoms with van der Waals surface area (Å²) in [5, 5.41) is 13.5. The first-order valence-corrected chi connectivity index (χ1v) is 6.32. The van der Waals surface area contributed by atoms with Crippen LogP contribution in [-0.2, 0) is 4.79 Å². The van der Waals surface area contributed by atoms with Crippen molar-refractivity contribution < 1.29 is 14.3 Å². The summed E-state index contributed by atoms with van der Waals surface area (Å²) in [6.45, 7) is 1.79. The maximum atomic E-state index is 13.6. The van der Waals surface area contributed by atoms with Gasteiger partial charge >= 0.3 is 5.97 Å². The number of carbonyl (C=O) groups is 1. The number of aryl methyl sites for hydroxylation is 1. The normalized spacial score (nSPS) is 12.2. The highest BCUT2D eigenvalue weighted by Gasteiger charge is 2.17. The van der Waals surface area contributed by atoms with Crippen LogP contribution < -0.4 is 11.1 Å². The van der Waals surface area contributed by atoms with Gasteiger partial charge in [-0.1, -0.05) is 6.07 Å². The maximum Gasteiger partial charge on any atom is 0.326 e. The third kappa shape index (κ3) is 3.07. The Kier molecular flexibility index (Phi) is 3.77. The zero-order valence-corrected chi connectivity index (χ0v) is 10.9. The summed E-state index contributed by atoms with van der Waals surface area (Å²) >= 11 is 1.17. The third-order valence-electron chi connectivity index (χ3n) is 2.47. The monoisotopic (exact) mass is 281 g/mol. The molecule has 4 N–H and O–H groups in total. The average Bonchev–Trinajstić information content (AvgIpc) is 2.80. The molecule has 1 unspecified atom stereocenters. The number of nitrogens with zero attached hydrogens (tertiary/aromatic N) is 1. The van der Waals surface area contributed by atoms with E-state index in [1.807, 2.05) is 0 Å². The van der Waals surface area contributed by atoms with Crippen LogP contribution >= 0.6 is 11.3 Å². The predicted molar refractivity (Wildman–Crippen MR) is 71.1 cm³/mol. The van der Waals surface area contributed by atoms with Crippen LogP contribution in [-0.4, -0.2) is 16.1 Å². The van der Waals surface area contributed by atoms with Crippen LogP contribution in [0.5, 0.6) is 0 Å². The van der Waals surface area contributed by atoms with Gasteiger partial charge in [-0.3, -0.25) is 4.79 Å². The molecule has 1 atom stereocenters. The van der Waals surface area contributed by atoms with E-state index in [1.54, 1.807) is 19.1 Å².